The van der Waals surface area contributed by atoms with Gasteiger partial charge in [-0.2, -0.15) is 13.2 Å². The average molecular weight is 786 g/mol. The van der Waals surface area contributed by atoms with Gasteiger partial charge in [-0.3, -0.25) is 0 Å². The number of hydrogen-bond donors (Lipinski definition) is 1. The molecule has 5 nitrogen and oxygen atoms in total. The molecule has 11 rings (SSSR count). The molecule has 288 valence electrons. The fourth-order valence-corrected chi connectivity index (χ4v) is 8.77. The lowest BCUT2D eigenvalue weighted by molar-refractivity contribution is -0.0874. The molecule has 9 aromatic rings. The zero-order chi connectivity index (χ0) is 40.4. The minimum Gasteiger partial charge on any atom is -0.324 e. The third-order valence-electron chi connectivity index (χ3n) is 11.4. The van der Waals surface area contributed by atoms with E-state index in [1.807, 2.05) is 91.0 Å². The zero-order valence-corrected chi connectivity index (χ0v) is 32.0. The van der Waals surface area contributed by atoms with E-state index in [4.69, 9.17) is 9.98 Å². The van der Waals surface area contributed by atoms with Crippen LogP contribution >= 0.6 is 0 Å². The molecule has 1 aliphatic heterocycles. The van der Waals surface area contributed by atoms with Gasteiger partial charge < -0.3 is 14.5 Å². The van der Waals surface area contributed by atoms with Gasteiger partial charge in [0.25, 0.3) is 0 Å². The van der Waals surface area contributed by atoms with Gasteiger partial charge in [0.1, 0.15) is 11.7 Å². The Morgan fingerprint density at radius 2 is 1.03 bits per heavy atom. The molecule has 0 radical (unpaired) electrons. The first-order valence-corrected chi connectivity index (χ1v) is 19.8. The summed E-state index contributed by atoms with van der Waals surface area (Å²) >= 11 is 0. The Bertz CT molecular complexity index is 3400. The van der Waals surface area contributed by atoms with E-state index in [9.17, 15) is 13.2 Å². The molecular weight excluding hydrogens is 752 g/mol. The lowest BCUT2D eigenvalue weighted by Gasteiger charge is -2.20. The Labute approximate surface area is 342 Å². The van der Waals surface area contributed by atoms with E-state index in [1.54, 1.807) is 6.08 Å². The predicted molar refractivity (Wildman–Crippen MR) is 238 cm³/mol. The number of amidine groups is 2. The van der Waals surface area contributed by atoms with E-state index in [0.29, 0.717) is 27.9 Å². The predicted octanol–water partition coefficient (Wildman–Crippen LogP) is 11.0. The molecule has 0 saturated carbocycles. The molecule has 7 aromatic carbocycles. The first-order chi connectivity index (χ1) is 29.4. The van der Waals surface area contributed by atoms with E-state index in [-0.39, 0.29) is 12.0 Å². The number of para-hydroxylation sites is 3. The standard InChI is InChI=1S/C52H34F3N5/c53-52(54,55)44-23-11-7-19-38(44)37-29-27-35(31-43(37)51-57-49(33-15-3-1-4-16-33)56-50(58-51)34-17-5-2-6-18-34)60-47-26-14-10-22-41(47)42-30-28-36(32-48(42)60)59-45-24-12-8-20-39(45)40-21-9-13-25-46(40)59/h1-18,20-32H,19H2,(H,56,57,58). The van der Waals surface area contributed by atoms with Gasteiger partial charge in [-0.25, -0.2) is 9.98 Å². The first kappa shape index (κ1) is 35.5. The fraction of sp³-hybridized carbons (Fsp3) is 0.0385. The maximum Gasteiger partial charge on any atom is 0.416 e. The molecule has 1 aliphatic carbocycles. The highest BCUT2D eigenvalue weighted by Gasteiger charge is 2.36. The number of aromatic nitrogens is 2. The van der Waals surface area contributed by atoms with Crippen LogP contribution in [0.15, 0.2) is 204 Å². The second-order valence-corrected chi connectivity index (χ2v) is 14.9. The normalized spacial score (nSPS) is 16.3. The highest BCUT2D eigenvalue weighted by Crippen LogP contribution is 2.38. The third kappa shape index (κ3) is 5.87. The molecule has 0 spiro atoms. The Morgan fingerprint density at radius 3 is 1.67 bits per heavy atom. The molecule has 0 fully saturated rings. The van der Waals surface area contributed by atoms with Crippen molar-refractivity contribution in [3.8, 4) is 11.4 Å². The van der Waals surface area contributed by atoms with Crippen LogP contribution in [0, 0.1) is 0 Å². The molecule has 2 aliphatic rings. The van der Waals surface area contributed by atoms with E-state index in [2.05, 4.69) is 93.3 Å². The first-order valence-electron chi connectivity index (χ1n) is 19.8. The van der Waals surface area contributed by atoms with Crippen molar-refractivity contribution in [2.24, 2.45) is 9.98 Å². The average Bonchev–Trinajstić information content (AvgIpc) is 3.81. The van der Waals surface area contributed by atoms with Gasteiger partial charge in [0.05, 0.1) is 27.6 Å². The van der Waals surface area contributed by atoms with Crippen molar-refractivity contribution in [1.82, 2.24) is 14.5 Å². The summed E-state index contributed by atoms with van der Waals surface area (Å²) in [6.45, 7) is 0. The molecule has 0 unspecified atom stereocenters. The maximum absolute atomic E-state index is 14.8. The summed E-state index contributed by atoms with van der Waals surface area (Å²) in [7, 11) is 0. The summed E-state index contributed by atoms with van der Waals surface area (Å²) in [4.78, 5) is 10.0. The monoisotopic (exact) mass is 785 g/mol. The topological polar surface area (TPSA) is 46.6 Å². The summed E-state index contributed by atoms with van der Waals surface area (Å²) in [6.07, 6.45) is -0.0532. The number of alkyl halides is 3. The van der Waals surface area contributed by atoms with Crippen LogP contribution in [0.2, 0.25) is 0 Å². The van der Waals surface area contributed by atoms with Crippen LogP contribution in [-0.2, 0) is 0 Å². The van der Waals surface area contributed by atoms with Crippen molar-refractivity contribution < 1.29 is 13.2 Å². The van der Waals surface area contributed by atoms with Crippen molar-refractivity contribution in [2.75, 3.05) is 0 Å². The summed E-state index contributed by atoms with van der Waals surface area (Å²) in [5.74, 6) is 1.39. The second-order valence-electron chi connectivity index (χ2n) is 14.9. The summed E-state index contributed by atoms with van der Waals surface area (Å²) in [5, 5.41) is 8.88. The minimum atomic E-state index is -4.56. The van der Waals surface area contributed by atoms with Gasteiger partial charge >= 0.3 is 6.18 Å². The number of allylic oxidation sites excluding steroid dienone is 4. The van der Waals surface area contributed by atoms with Gasteiger partial charge in [0.15, 0.2) is 5.84 Å². The molecule has 3 heterocycles. The lowest BCUT2D eigenvalue weighted by atomic mass is 9.94. The fourth-order valence-electron chi connectivity index (χ4n) is 8.77. The van der Waals surface area contributed by atoms with E-state index < -0.39 is 11.7 Å². The molecule has 8 heteroatoms. The summed E-state index contributed by atoms with van der Waals surface area (Å²) in [5.41, 5.74) is 7.00. The smallest absolute Gasteiger partial charge is 0.324 e. The van der Waals surface area contributed by atoms with Crippen molar-refractivity contribution in [2.45, 2.75) is 12.6 Å². The van der Waals surface area contributed by atoms with Gasteiger partial charge in [-0.15, -0.1) is 0 Å². The van der Waals surface area contributed by atoms with Gasteiger partial charge in [-0.05, 0) is 59.7 Å². The summed E-state index contributed by atoms with van der Waals surface area (Å²) in [6, 6.07) is 56.7. The molecule has 0 bridgehead atoms. The number of hydrogen-bond acceptors (Lipinski definition) is 3. The molecule has 0 saturated heterocycles. The van der Waals surface area contributed by atoms with E-state index in [1.165, 1.54) is 16.8 Å². The lowest BCUT2D eigenvalue weighted by Crippen LogP contribution is -2.39. The summed E-state index contributed by atoms with van der Waals surface area (Å²) < 4.78 is 49.0. The van der Waals surface area contributed by atoms with Crippen molar-refractivity contribution in [1.29, 1.82) is 0 Å². The highest BCUT2D eigenvalue weighted by molar-refractivity contribution is 6.16. The van der Waals surface area contributed by atoms with Crippen LogP contribution in [0.1, 0.15) is 17.5 Å². The van der Waals surface area contributed by atoms with Gasteiger partial charge in [-0.1, -0.05) is 146 Å². The van der Waals surface area contributed by atoms with Crippen LogP contribution in [0.5, 0.6) is 0 Å². The highest BCUT2D eigenvalue weighted by atomic mass is 19.4. The second kappa shape index (κ2) is 14.0. The minimum absolute atomic E-state index is 0.109. The Balaban J connectivity index is 1.22. The number of benzene rings is 7. The molecule has 2 aromatic heterocycles. The number of nitrogens with one attached hydrogen (secondary N) is 1. The van der Waals surface area contributed by atoms with E-state index >= 15 is 0 Å². The van der Waals surface area contributed by atoms with Crippen LogP contribution in [-0.4, -0.2) is 27.0 Å². The van der Waals surface area contributed by atoms with Gasteiger partial charge in [0, 0.05) is 49.3 Å². The van der Waals surface area contributed by atoms with E-state index in [0.717, 1.165) is 61.4 Å². The number of aliphatic imine (C=N–C) groups is 2. The number of rotatable bonds is 4. The Kier molecular flexibility index (Phi) is 8.27. The molecule has 0 amide bonds. The van der Waals surface area contributed by atoms with Crippen molar-refractivity contribution in [3.63, 3.8) is 0 Å². The van der Waals surface area contributed by atoms with Crippen molar-refractivity contribution >= 4 is 66.7 Å². The van der Waals surface area contributed by atoms with Crippen LogP contribution in [0.4, 0.5) is 13.2 Å². The Hall–Kier alpha value is -7.71. The number of halogens is 3. The zero-order valence-electron chi connectivity index (χ0n) is 32.0. The maximum atomic E-state index is 14.8. The number of fused-ring (bicyclic) bond motifs is 6. The largest absolute Gasteiger partial charge is 0.416 e. The third-order valence-corrected chi connectivity index (χ3v) is 11.4. The number of nitrogens with zero attached hydrogens (tertiary/aromatic N) is 4. The molecule has 0 atom stereocenters. The van der Waals surface area contributed by atoms with Gasteiger partial charge in [0.2, 0.25) is 0 Å². The quantitative estimate of drug-likeness (QED) is 0.190. The van der Waals surface area contributed by atoms with Crippen LogP contribution in [0.3, 0.4) is 0 Å². The van der Waals surface area contributed by atoms with Crippen molar-refractivity contribution in [3.05, 3.63) is 215 Å². The van der Waals surface area contributed by atoms with Crippen LogP contribution in [0.25, 0.3) is 66.4 Å². The molecule has 1 N–H and O–H groups in total. The SMILES string of the molecule is FC(F)(F)C1=CC=CCC1=c1ccc(-n2c3ccccc3c3ccc(-n4c5ccccc5c5ccccc54)cc32)cc1=C1N=C(c2ccccc2)N=C(c2ccccc2)N1. The Morgan fingerprint density at radius 1 is 0.500 bits per heavy atom. The van der Waals surface area contributed by atoms with Crippen LogP contribution < -0.4 is 15.8 Å². The molecular formula is C52H34F3N5. The molecule has 60 heavy (non-hydrogen) atoms.